The number of ether oxygens (including phenoxy) is 2. The molecule has 1 aromatic heterocycles. The van der Waals surface area contributed by atoms with Crippen LogP contribution in [0.15, 0.2) is 21.3 Å². The summed E-state index contributed by atoms with van der Waals surface area (Å²) in [7, 11) is 1.68. The van der Waals surface area contributed by atoms with Crippen LogP contribution in [0.5, 0.6) is 5.75 Å². The van der Waals surface area contributed by atoms with Gasteiger partial charge in [0.2, 0.25) is 6.73 Å². The molecule has 130 valence electrons. The van der Waals surface area contributed by atoms with Crippen molar-refractivity contribution in [2.75, 3.05) is 27.0 Å². The molecule has 2 aromatic rings. The van der Waals surface area contributed by atoms with Crippen molar-refractivity contribution in [3.8, 4) is 5.75 Å². The van der Waals surface area contributed by atoms with E-state index in [-0.39, 0.29) is 5.63 Å². The fourth-order valence-electron chi connectivity index (χ4n) is 3.15. The van der Waals surface area contributed by atoms with E-state index in [1.807, 2.05) is 6.07 Å². The van der Waals surface area contributed by atoms with Crippen LogP contribution < -0.4 is 15.3 Å². The molecule has 0 fully saturated rings. The van der Waals surface area contributed by atoms with Crippen molar-refractivity contribution in [2.24, 2.45) is 0 Å². The molecule has 1 unspecified atom stereocenters. The zero-order valence-corrected chi connectivity index (χ0v) is 14.9. The van der Waals surface area contributed by atoms with Crippen LogP contribution >= 0.6 is 11.6 Å². The number of aryl methyl sites for hydroxylation is 1. The van der Waals surface area contributed by atoms with E-state index in [2.05, 4.69) is 6.92 Å². The number of rotatable bonds is 6. The molecular formula is C18H23ClNO4+. The molecule has 1 aliphatic heterocycles. The summed E-state index contributed by atoms with van der Waals surface area (Å²) >= 11 is 6.44. The Hall–Kier alpha value is -1.56. The van der Waals surface area contributed by atoms with E-state index in [0.717, 1.165) is 42.3 Å². The number of halogens is 1. The summed E-state index contributed by atoms with van der Waals surface area (Å²) in [6.07, 6.45) is 2.93. The van der Waals surface area contributed by atoms with Crippen molar-refractivity contribution >= 4 is 22.6 Å². The number of benzene rings is 1. The zero-order valence-electron chi connectivity index (χ0n) is 14.1. The molecule has 1 aliphatic rings. The van der Waals surface area contributed by atoms with Crippen LogP contribution in [0.25, 0.3) is 11.0 Å². The van der Waals surface area contributed by atoms with Crippen molar-refractivity contribution in [1.82, 2.24) is 0 Å². The standard InChI is InChI=1S/C18H22ClNO4/c1-3-4-5-12-8-16(21)24-17-13(12)9-15(19)18-14(17)10-20(11-23-18)6-7-22-2/h8-9H,3-7,10-11H2,1-2H3/p+1. The second-order valence-corrected chi connectivity index (χ2v) is 6.60. The van der Waals surface area contributed by atoms with Crippen molar-refractivity contribution in [2.45, 2.75) is 32.7 Å². The summed E-state index contributed by atoms with van der Waals surface area (Å²) < 4.78 is 16.5. The average Bonchev–Trinajstić information content (AvgIpc) is 2.58. The third-order valence-corrected chi connectivity index (χ3v) is 4.71. The van der Waals surface area contributed by atoms with Gasteiger partial charge in [-0.15, -0.1) is 0 Å². The first-order valence-electron chi connectivity index (χ1n) is 8.37. The van der Waals surface area contributed by atoms with Crippen molar-refractivity contribution in [3.63, 3.8) is 0 Å². The van der Waals surface area contributed by atoms with Gasteiger partial charge in [-0.1, -0.05) is 24.9 Å². The first kappa shape index (κ1) is 17.3. The molecule has 5 nitrogen and oxygen atoms in total. The minimum Gasteiger partial charge on any atom is -0.443 e. The summed E-state index contributed by atoms with van der Waals surface area (Å²) in [5, 5.41) is 1.50. The summed E-state index contributed by atoms with van der Waals surface area (Å²) in [4.78, 5) is 13.2. The Morgan fingerprint density at radius 3 is 2.96 bits per heavy atom. The van der Waals surface area contributed by atoms with E-state index in [1.165, 1.54) is 4.90 Å². The quantitative estimate of drug-likeness (QED) is 0.810. The molecule has 3 rings (SSSR count). The molecule has 24 heavy (non-hydrogen) atoms. The fourth-order valence-corrected chi connectivity index (χ4v) is 3.42. The van der Waals surface area contributed by atoms with Crippen LogP contribution in [0.4, 0.5) is 0 Å². The van der Waals surface area contributed by atoms with Crippen LogP contribution in [0.3, 0.4) is 0 Å². The topological polar surface area (TPSA) is 53.1 Å². The zero-order chi connectivity index (χ0) is 17.1. The maximum Gasteiger partial charge on any atom is 0.336 e. The molecule has 1 aromatic carbocycles. The van der Waals surface area contributed by atoms with Crippen molar-refractivity contribution in [1.29, 1.82) is 0 Å². The maximum absolute atomic E-state index is 12.0. The number of methoxy groups -OCH3 is 1. The van der Waals surface area contributed by atoms with Gasteiger partial charge in [0.15, 0.2) is 11.3 Å². The highest BCUT2D eigenvalue weighted by Crippen LogP contribution is 2.37. The minimum absolute atomic E-state index is 0.317. The van der Waals surface area contributed by atoms with E-state index in [1.54, 1.807) is 13.2 Å². The first-order valence-corrected chi connectivity index (χ1v) is 8.75. The maximum atomic E-state index is 12.0. The third kappa shape index (κ3) is 3.43. The lowest BCUT2D eigenvalue weighted by atomic mass is 10.0. The normalized spacial score (nSPS) is 16.9. The molecule has 0 bridgehead atoms. The summed E-state index contributed by atoms with van der Waals surface area (Å²) in [6, 6.07) is 3.45. The Bertz CT molecular complexity index is 787. The van der Waals surface area contributed by atoms with Gasteiger partial charge in [-0.25, -0.2) is 4.79 Å². The molecule has 1 N–H and O–H groups in total. The van der Waals surface area contributed by atoms with Crippen molar-refractivity contribution in [3.05, 3.63) is 38.7 Å². The molecule has 0 radical (unpaired) electrons. The number of fused-ring (bicyclic) bond motifs is 3. The highest BCUT2D eigenvalue weighted by Gasteiger charge is 2.27. The van der Waals surface area contributed by atoms with Crippen LogP contribution in [-0.4, -0.2) is 27.0 Å². The molecule has 2 heterocycles. The Morgan fingerprint density at radius 1 is 1.38 bits per heavy atom. The highest BCUT2D eigenvalue weighted by molar-refractivity contribution is 6.33. The smallest absolute Gasteiger partial charge is 0.336 e. The largest absolute Gasteiger partial charge is 0.443 e. The van der Waals surface area contributed by atoms with E-state index in [4.69, 9.17) is 25.5 Å². The lowest BCUT2D eigenvalue weighted by molar-refractivity contribution is -0.932. The average molecular weight is 353 g/mol. The number of hydrogen-bond acceptors (Lipinski definition) is 4. The van der Waals surface area contributed by atoms with Gasteiger partial charge in [-0.05, 0) is 24.5 Å². The number of hydrogen-bond donors (Lipinski definition) is 1. The minimum atomic E-state index is -0.317. The molecular weight excluding hydrogens is 330 g/mol. The van der Waals surface area contributed by atoms with Gasteiger partial charge < -0.3 is 13.9 Å². The van der Waals surface area contributed by atoms with Gasteiger partial charge >= 0.3 is 5.63 Å². The van der Waals surface area contributed by atoms with Crippen LogP contribution in [0, 0.1) is 0 Å². The predicted molar refractivity (Wildman–Crippen MR) is 93.0 cm³/mol. The van der Waals surface area contributed by atoms with Crippen LogP contribution in [0.2, 0.25) is 5.02 Å². The van der Waals surface area contributed by atoms with Crippen molar-refractivity contribution < 1.29 is 18.8 Å². The van der Waals surface area contributed by atoms with Gasteiger partial charge in [-0.3, -0.25) is 4.90 Å². The Balaban J connectivity index is 2.08. The second kappa shape index (κ2) is 7.55. The lowest BCUT2D eigenvalue weighted by Gasteiger charge is -2.27. The number of quaternary nitrogens is 1. The van der Waals surface area contributed by atoms with Gasteiger partial charge in [-0.2, -0.15) is 0 Å². The molecule has 1 atom stereocenters. The van der Waals surface area contributed by atoms with E-state index < -0.39 is 0 Å². The first-order chi connectivity index (χ1) is 11.6. The highest BCUT2D eigenvalue weighted by atomic mass is 35.5. The Morgan fingerprint density at radius 2 is 2.21 bits per heavy atom. The monoisotopic (exact) mass is 352 g/mol. The molecule has 6 heteroatoms. The molecule has 0 spiro atoms. The van der Waals surface area contributed by atoms with E-state index >= 15 is 0 Å². The van der Waals surface area contributed by atoms with E-state index in [0.29, 0.717) is 36.2 Å². The number of nitrogens with one attached hydrogen (secondary N) is 1. The van der Waals surface area contributed by atoms with Gasteiger partial charge in [0.1, 0.15) is 13.1 Å². The molecule has 0 amide bonds. The van der Waals surface area contributed by atoms with Crippen LogP contribution in [0.1, 0.15) is 30.9 Å². The fraction of sp³-hybridized carbons (Fsp3) is 0.500. The second-order valence-electron chi connectivity index (χ2n) is 6.20. The SMILES string of the molecule is CCCCc1cc(=O)oc2c3c(c(Cl)cc12)OC[NH+](CCOC)C3. The van der Waals surface area contributed by atoms with E-state index in [9.17, 15) is 4.79 Å². The van der Waals surface area contributed by atoms with Gasteiger partial charge in [0.05, 0.1) is 17.2 Å². The molecule has 0 saturated carbocycles. The molecule has 0 saturated heterocycles. The molecule has 0 aliphatic carbocycles. The summed E-state index contributed by atoms with van der Waals surface area (Å²) in [5.74, 6) is 0.640. The Kier molecular flexibility index (Phi) is 5.43. The van der Waals surface area contributed by atoms with Crippen LogP contribution in [-0.2, 0) is 17.7 Å². The summed E-state index contributed by atoms with van der Waals surface area (Å²) in [6.45, 7) is 4.84. The summed E-state index contributed by atoms with van der Waals surface area (Å²) in [5.41, 5.74) is 2.17. The van der Waals surface area contributed by atoms with Gasteiger partial charge in [0, 0.05) is 18.6 Å². The van der Waals surface area contributed by atoms with Gasteiger partial charge in [0.25, 0.3) is 0 Å². The Labute approximate surface area is 146 Å². The predicted octanol–water partition coefficient (Wildman–Crippen LogP) is 2.17. The lowest BCUT2D eigenvalue weighted by Crippen LogP contribution is -3.12. The third-order valence-electron chi connectivity index (χ3n) is 4.43. The number of unbranched alkanes of at least 4 members (excludes halogenated alkanes) is 1.